The van der Waals surface area contributed by atoms with E-state index in [1.807, 2.05) is 19.9 Å². The lowest BCUT2D eigenvalue weighted by molar-refractivity contribution is -0.147. The molecule has 1 aliphatic carbocycles. The van der Waals surface area contributed by atoms with Gasteiger partial charge in [0.15, 0.2) is 6.04 Å². The molecule has 184 valence electrons. The van der Waals surface area contributed by atoms with Crippen molar-refractivity contribution in [3.05, 3.63) is 47.2 Å². The average molecular weight is 486 g/mol. The Labute approximate surface area is 201 Å². The molecule has 0 bridgehead atoms. The van der Waals surface area contributed by atoms with Crippen LogP contribution in [0.5, 0.6) is 0 Å². The van der Waals surface area contributed by atoms with E-state index in [2.05, 4.69) is 30.4 Å². The van der Waals surface area contributed by atoms with E-state index in [-0.39, 0.29) is 17.5 Å². The van der Waals surface area contributed by atoms with Crippen LogP contribution in [-0.2, 0) is 9.59 Å². The molecule has 1 aromatic carbocycles. The third kappa shape index (κ3) is 3.59. The first-order chi connectivity index (χ1) is 15.8. The molecular weight excluding hydrogens is 450 g/mol. The maximum absolute atomic E-state index is 13.8. The van der Waals surface area contributed by atoms with Crippen LogP contribution in [0.25, 0.3) is 0 Å². The van der Waals surface area contributed by atoms with Gasteiger partial charge in [-0.15, -0.1) is 0 Å². The molecule has 5 N–H and O–H groups in total. The van der Waals surface area contributed by atoms with E-state index in [1.54, 1.807) is 29.3 Å². The first kappa shape index (κ1) is 24.3. The number of aliphatic carboxylic acids is 1. The first-order valence-electron chi connectivity index (χ1n) is 11.8. The van der Waals surface area contributed by atoms with Gasteiger partial charge in [-0.2, -0.15) is 5.01 Å². The summed E-state index contributed by atoms with van der Waals surface area (Å²) in [5.41, 5.74) is 10.2. The van der Waals surface area contributed by atoms with Crippen molar-refractivity contribution in [2.75, 3.05) is 6.54 Å². The number of carbonyl (C=O) groups excluding carboxylic acids is 2. The number of carbonyl (C=O) groups is 3. The fourth-order valence-electron chi connectivity index (χ4n) is 5.66. The summed E-state index contributed by atoms with van der Waals surface area (Å²) in [7, 11) is -1.86. The lowest BCUT2D eigenvalue weighted by Crippen LogP contribution is -2.61. The number of rotatable bonds is 6. The number of hydrogen-bond acceptors (Lipinski definition) is 5. The molecule has 1 fully saturated rings. The van der Waals surface area contributed by atoms with Crippen LogP contribution in [0.15, 0.2) is 41.6 Å². The number of benzene rings is 1. The van der Waals surface area contributed by atoms with E-state index in [4.69, 9.17) is 5.73 Å². The number of nitrogens with one attached hydrogen (secondary N) is 2. The van der Waals surface area contributed by atoms with Gasteiger partial charge in [-0.1, -0.05) is 56.4 Å². The number of carboxylic acids is 1. The van der Waals surface area contributed by atoms with Crippen molar-refractivity contribution in [1.82, 2.24) is 20.7 Å². The van der Waals surface area contributed by atoms with Gasteiger partial charge < -0.3 is 26.5 Å². The zero-order valence-electron chi connectivity index (χ0n) is 20.5. The van der Waals surface area contributed by atoms with Crippen LogP contribution in [0, 0.1) is 0 Å². The van der Waals surface area contributed by atoms with Crippen molar-refractivity contribution < 1.29 is 19.5 Å². The van der Waals surface area contributed by atoms with Crippen LogP contribution in [0.3, 0.4) is 0 Å². The number of urea groups is 1. The summed E-state index contributed by atoms with van der Waals surface area (Å²) >= 11 is 0. The number of nitrogens with two attached hydrogens (primary N) is 1. The van der Waals surface area contributed by atoms with Gasteiger partial charge in [-0.05, 0) is 32.3 Å². The summed E-state index contributed by atoms with van der Waals surface area (Å²) in [6.07, 6.45) is 1.99. The van der Waals surface area contributed by atoms with Crippen LogP contribution in [-0.4, -0.2) is 59.2 Å². The molecule has 1 aromatic rings. The minimum absolute atomic E-state index is 0.0315. The van der Waals surface area contributed by atoms with E-state index in [0.717, 1.165) is 24.8 Å². The van der Waals surface area contributed by atoms with E-state index in [0.29, 0.717) is 11.3 Å². The Morgan fingerprint density at radius 3 is 2.26 bits per heavy atom. The normalized spacial score (nSPS) is 24.1. The van der Waals surface area contributed by atoms with Crippen molar-refractivity contribution in [2.24, 2.45) is 5.73 Å². The maximum Gasteiger partial charge on any atom is 0.327 e. The number of carboxylic acid groups (broad SMARTS) is 1. The van der Waals surface area contributed by atoms with Gasteiger partial charge in [-0.3, -0.25) is 9.59 Å². The van der Waals surface area contributed by atoms with Crippen LogP contribution in [0.1, 0.15) is 44.7 Å². The fraction of sp³-hybridized carbons (Fsp3) is 0.542. The van der Waals surface area contributed by atoms with Gasteiger partial charge in [-0.25, -0.2) is 4.79 Å². The second-order valence-corrected chi connectivity index (χ2v) is 16.6. The molecule has 0 radical (unpaired) electrons. The van der Waals surface area contributed by atoms with Gasteiger partial charge in [0.25, 0.3) is 0 Å². The molecular formula is C24H35N5O4Si. The second kappa shape index (κ2) is 8.12. The molecule has 3 aliphatic rings. The summed E-state index contributed by atoms with van der Waals surface area (Å²) in [5.74, 6) is -1.07. The molecule has 2 heterocycles. The number of nitrogens with zero attached hydrogens (tertiary/aromatic N) is 2. The Morgan fingerprint density at radius 1 is 1.18 bits per heavy atom. The number of hydrogen-bond donors (Lipinski definition) is 4. The van der Waals surface area contributed by atoms with E-state index >= 15 is 0 Å². The van der Waals surface area contributed by atoms with Crippen molar-refractivity contribution in [3.63, 3.8) is 0 Å². The molecule has 34 heavy (non-hydrogen) atoms. The van der Waals surface area contributed by atoms with Crippen LogP contribution in [0.4, 0.5) is 4.79 Å². The molecule has 0 spiro atoms. The molecule has 2 aliphatic heterocycles. The highest BCUT2D eigenvalue weighted by Crippen LogP contribution is 2.55. The second-order valence-electron chi connectivity index (χ2n) is 11.1. The Kier molecular flexibility index (Phi) is 5.80. The van der Waals surface area contributed by atoms with E-state index in [9.17, 15) is 19.5 Å². The van der Waals surface area contributed by atoms with Crippen molar-refractivity contribution in [3.8, 4) is 0 Å². The van der Waals surface area contributed by atoms with Gasteiger partial charge in [0.1, 0.15) is 6.17 Å². The number of primary amides is 1. The highest BCUT2D eigenvalue weighted by atomic mass is 28.3. The first-order valence-corrected chi connectivity index (χ1v) is 15.3. The molecule has 1 saturated carbocycles. The fourth-order valence-corrected chi connectivity index (χ4v) is 8.27. The minimum Gasteiger partial charge on any atom is -0.480 e. The summed E-state index contributed by atoms with van der Waals surface area (Å²) in [4.78, 5) is 40.0. The minimum atomic E-state index is -1.86. The lowest BCUT2D eigenvalue weighted by atomic mass is 9.83. The number of amides is 3. The van der Waals surface area contributed by atoms with Gasteiger partial charge in [0.2, 0.25) is 5.91 Å². The van der Waals surface area contributed by atoms with Gasteiger partial charge in [0, 0.05) is 17.2 Å². The van der Waals surface area contributed by atoms with E-state index < -0.39 is 37.8 Å². The highest BCUT2D eigenvalue weighted by molar-refractivity contribution is 6.82. The lowest BCUT2D eigenvalue weighted by Gasteiger charge is -2.50. The van der Waals surface area contributed by atoms with Crippen molar-refractivity contribution in [1.29, 1.82) is 0 Å². The molecule has 2 atom stereocenters. The average Bonchev–Trinajstić information content (AvgIpc) is 3.15. The SMILES string of the molecule is CC1(C)C2=C(CN1C(N)=O)[C@@H](NC(=O)C1([Si](C)(C)C)CCC1)N(C(C(=O)O)c1ccccc1)N2. The predicted molar refractivity (Wildman–Crippen MR) is 131 cm³/mol. The van der Waals surface area contributed by atoms with Crippen LogP contribution >= 0.6 is 0 Å². The molecule has 0 aromatic heterocycles. The number of hydrazine groups is 1. The highest BCUT2D eigenvalue weighted by Gasteiger charge is 2.57. The van der Waals surface area contributed by atoms with Gasteiger partial charge >= 0.3 is 12.0 Å². The molecule has 10 heteroatoms. The quantitative estimate of drug-likeness (QED) is 0.459. The molecule has 3 amide bonds. The topological polar surface area (TPSA) is 128 Å². The van der Waals surface area contributed by atoms with Crippen molar-refractivity contribution >= 4 is 26.0 Å². The smallest absolute Gasteiger partial charge is 0.327 e. The van der Waals surface area contributed by atoms with Crippen molar-refractivity contribution in [2.45, 2.75) is 75.5 Å². The van der Waals surface area contributed by atoms with Crippen LogP contribution < -0.4 is 16.5 Å². The zero-order chi connectivity index (χ0) is 25.1. The molecule has 0 saturated heterocycles. The van der Waals surface area contributed by atoms with E-state index in [1.165, 1.54) is 4.90 Å². The molecule has 1 unspecified atom stereocenters. The predicted octanol–water partition coefficient (Wildman–Crippen LogP) is 2.76. The Morgan fingerprint density at radius 2 is 1.79 bits per heavy atom. The Hall–Kier alpha value is -2.85. The van der Waals surface area contributed by atoms with Crippen LogP contribution in [0.2, 0.25) is 24.7 Å². The molecule has 4 rings (SSSR count). The maximum atomic E-state index is 13.8. The monoisotopic (exact) mass is 485 g/mol. The molecule has 9 nitrogen and oxygen atoms in total. The summed E-state index contributed by atoms with van der Waals surface area (Å²) in [6.45, 7) is 10.6. The largest absolute Gasteiger partial charge is 0.480 e. The summed E-state index contributed by atoms with van der Waals surface area (Å²) in [5, 5.41) is 14.7. The Balaban J connectivity index is 1.75. The summed E-state index contributed by atoms with van der Waals surface area (Å²) in [6, 6.07) is 7.34. The zero-order valence-corrected chi connectivity index (χ0v) is 21.5. The summed E-state index contributed by atoms with van der Waals surface area (Å²) < 4.78 is 0. The standard InChI is InChI=1S/C24H35N5O4Si/c1-23(2)18-16(14-28(23)22(25)33)19(26-21(32)24(12-9-13-24)34(3,4)5)29(27-18)17(20(30)31)15-10-7-6-8-11-15/h6-8,10-11,17,19,27H,9,12-14H2,1-5H3,(H2,25,33)(H,26,32)(H,30,31)/t17?,19-/m0/s1. The van der Waals surface area contributed by atoms with Gasteiger partial charge in [0.05, 0.1) is 19.3 Å². The third-order valence-electron chi connectivity index (χ3n) is 8.02. The third-order valence-corrected chi connectivity index (χ3v) is 11.6. The Bertz CT molecular complexity index is 1050.